The molecule has 7 heteroatoms. The fourth-order valence-corrected chi connectivity index (χ4v) is 1.27. The number of methoxy groups -OCH3 is 1. The number of carboxylic acids is 1. The molecular weight excluding hydrogens is 238 g/mol. The minimum absolute atomic E-state index is 0.105. The summed E-state index contributed by atoms with van der Waals surface area (Å²) in [5, 5.41) is 19.1. The third-order valence-electron chi connectivity index (χ3n) is 2.43. The van der Waals surface area contributed by atoms with Crippen LogP contribution < -0.4 is 5.32 Å². The molecule has 0 aromatic carbocycles. The Kier molecular flexibility index (Phi) is 5.04. The molecule has 0 bridgehead atoms. The molecule has 0 aliphatic heterocycles. The van der Waals surface area contributed by atoms with Gasteiger partial charge in [0.1, 0.15) is 5.82 Å². The second-order valence-electron chi connectivity index (χ2n) is 3.62. The van der Waals surface area contributed by atoms with Crippen LogP contribution in [0.1, 0.15) is 23.8 Å². The van der Waals surface area contributed by atoms with Crippen LogP contribution in [0.4, 0.5) is 5.82 Å². The van der Waals surface area contributed by atoms with E-state index < -0.39 is 17.9 Å². The fraction of sp³-hybridized carbons (Fsp3) is 0.455. The number of carboxylic acid groups (broad SMARTS) is 1. The summed E-state index contributed by atoms with van der Waals surface area (Å²) in [5.74, 6) is -1.48. The lowest BCUT2D eigenvalue weighted by atomic mass is 10.1. The van der Waals surface area contributed by atoms with Crippen LogP contribution in [-0.4, -0.2) is 40.9 Å². The third-order valence-corrected chi connectivity index (χ3v) is 2.43. The summed E-state index contributed by atoms with van der Waals surface area (Å²) in [6, 6.07) is 3.01. The highest BCUT2D eigenvalue weighted by molar-refractivity contribution is 5.86. The summed E-state index contributed by atoms with van der Waals surface area (Å²) < 4.78 is 4.48. The topological polar surface area (TPSA) is 101 Å². The number of rotatable bonds is 6. The summed E-state index contributed by atoms with van der Waals surface area (Å²) >= 11 is 0. The quantitative estimate of drug-likeness (QED) is 0.722. The molecular formula is C11H15N3O4. The Balaban J connectivity index is 2.58. The Labute approximate surface area is 104 Å². The van der Waals surface area contributed by atoms with Gasteiger partial charge in [0.25, 0.3) is 0 Å². The molecule has 1 unspecified atom stereocenters. The van der Waals surface area contributed by atoms with Gasteiger partial charge in [-0.3, -0.25) is 4.79 Å². The van der Waals surface area contributed by atoms with Gasteiger partial charge in [-0.05, 0) is 18.6 Å². The molecule has 1 aromatic heterocycles. The van der Waals surface area contributed by atoms with Crippen LogP contribution in [0, 0.1) is 5.92 Å². The first kappa shape index (κ1) is 13.9. The maximum atomic E-state index is 11.1. The van der Waals surface area contributed by atoms with E-state index in [9.17, 15) is 9.59 Å². The van der Waals surface area contributed by atoms with E-state index in [2.05, 4.69) is 20.3 Å². The molecule has 0 amide bonds. The number of nitrogens with one attached hydrogen (secondary N) is 1. The van der Waals surface area contributed by atoms with E-state index in [1.54, 1.807) is 13.0 Å². The number of anilines is 1. The minimum atomic E-state index is -0.857. The highest BCUT2D eigenvalue weighted by atomic mass is 16.5. The molecule has 0 aliphatic rings. The first-order valence-electron chi connectivity index (χ1n) is 5.47. The minimum Gasteiger partial charge on any atom is -0.481 e. The summed E-state index contributed by atoms with van der Waals surface area (Å²) in [5.41, 5.74) is 0.105. The van der Waals surface area contributed by atoms with Crippen LogP contribution in [0.3, 0.4) is 0 Å². The Morgan fingerprint density at radius 2 is 2.17 bits per heavy atom. The Morgan fingerprint density at radius 3 is 2.61 bits per heavy atom. The van der Waals surface area contributed by atoms with Crippen molar-refractivity contribution in [3.05, 3.63) is 17.8 Å². The highest BCUT2D eigenvalue weighted by Crippen LogP contribution is 2.07. The number of carbonyl (C=O) groups is 2. The zero-order valence-corrected chi connectivity index (χ0v) is 10.2. The van der Waals surface area contributed by atoms with E-state index in [-0.39, 0.29) is 12.2 Å². The number of hydrogen-bond donors (Lipinski definition) is 2. The molecule has 0 spiro atoms. The van der Waals surface area contributed by atoms with Crippen LogP contribution in [0.15, 0.2) is 12.1 Å². The molecule has 1 aromatic rings. The average molecular weight is 253 g/mol. The number of carbonyl (C=O) groups excluding carboxylic acids is 1. The third kappa shape index (κ3) is 3.69. The monoisotopic (exact) mass is 253 g/mol. The molecule has 98 valence electrons. The van der Waals surface area contributed by atoms with Crippen molar-refractivity contribution in [2.45, 2.75) is 13.3 Å². The van der Waals surface area contributed by atoms with Crippen LogP contribution in [0.25, 0.3) is 0 Å². The SMILES string of the molecule is CCC(CNc1ccc(C(=O)OC)nn1)C(=O)O. The summed E-state index contributed by atoms with van der Waals surface area (Å²) in [4.78, 5) is 21.9. The predicted molar refractivity (Wildman–Crippen MR) is 63.3 cm³/mol. The van der Waals surface area contributed by atoms with E-state index in [1.807, 2.05) is 0 Å². The van der Waals surface area contributed by atoms with Crippen molar-refractivity contribution in [3.8, 4) is 0 Å². The molecule has 7 nitrogen and oxygen atoms in total. The molecule has 18 heavy (non-hydrogen) atoms. The van der Waals surface area contributed by atoms with Crippen molar-refractivity contribution >= 4 is 17.8 Å². The number of aliphatic carboxylic acids is 1. The average Bonchev–Trinajstić information content (AvgIpc) is 2.39. The maximum Gasteiger partial charge on any atom is 0.358 e. The van der Waals surface area contributed by atoms with Gasteiger partial charge in [-0.25, -0.2) is 4.79 Å². The lowest BCUT2D eigenvalue weighted by molar-refractivity contribution is -0.141. The van der Waals surface area contributed by atoms with Crippen molar-refractivity contribution in [1.29, 1.82) is 0 Å². The van der Waals surface area contributed by atoms with Crippen LogP contribution >= 0.6 is 0 Å². The van der Waals surface area contributed by atoms with Crippen molar-refractivity contribution in [2.75, 3.05) is 19.0 Å². The second-order valence-corrected chi connectivity index (χ2v) is 3.62. The molecule has 1 rings (SSSR count). The van der Waals surface area contributed by atoms with Crippen molar-refractivity contribution in [1.82, 2.24) is 10.2 Å². The van der Waals surface area contributed by atoms with Gasteiger partial charge in [0, 0.05) is 6.54 Å². The zero-order chi connectivity index (χ0) is 13.5. The van der Waals surface area contributed by atoms with Crippen molar-refractivity contribution < 1.29 is 19.4 Å². The van der Waals surface area contributed by atoms with Crippen molar-refractivity contribution in [2.24, 2.45) is 5.92 Å². The smallest absolute Gasteiger partial charge is 0.358 e. The van der Waals surface area contributed by atoms with E-state index in [1.165, 1.54) is 13.2 Å². The second kappa shape index (κ2) is 6.53. The Morgan fingerprint density at radius 1 is 1.44 bits per heavy atom. The van der Waals surface area contributed by atoms with Gasteiger partial charge in [0.15, 0.2) is 5.69 Å². The van der Waals surface area contributed by atoms with Gasteiger partial charge in [-0.1, -0.05) is 6.92 Å². The summed E-state index contributed by atoms with van der Waals surface area (Å²) in [6.45, 7) is 2.06. The normalized spacial score (nSPS) is 11.7. The standard InChI is InChI=1S/C11H15N3O4/c1-3-7(10(15)16)6-12-9-5-4-8(13-14-9)11(17)18-2/h4-5,7H,3,6H2,1-2H3,(H,12,14)(H,15,16). The summed E-state index contributed by atoms with van der Waals surface area (Å²) in [6.07, 6.45) is 0.524. The van der Waals surface area contributed by atoms with E-state index in [4.69, 9.17) is 5.11 Å². The molecule has 0 saturated carbocycles. The van der Waals surface area contributed by atoms with Gasteiger partial charge in [-0.15, -0.1) is 10.2 Å². The van der Waals surface area contributed by atoms with E-state index in [0.717, 1.165) is 0 Å². The first-order chi connectivity index (χ1) is 8.58. The fourth-order valence-electron chi connectivity index (χ4n) is 1.27. The number of esters is 1. The van der Waals surface area contributed by atoms with Crippen LogP contribution in [-0.2, 0) is 9.53 Å². The number of hydrogen-bond acceptors (Lipinski definition) is 6. The van der Waals surface area contributed by atoms with Gasteiger partial charge in [0.2, 0.25) is 0 Å². The molecule has 0 fully saturated rings. The lowest BCUT2D eigenvalue weighted by Crippen LogP contribution is -2.22. The highest BCUT2D eigenvalue weighted by Gasteiger charge is 2.15. The lowest BCUT2D eigenvalue weighted by Gasteiger charge is -2.10. The summed E-state index contributed by atoms with van der Waals surface area (Å²) in [7, 11) is 1.26. The van der Waals surface area contributed by atoms with E-state index >= 15 is 0 Å². The molecule has 1 atom stereocenters. The molecule has 0 saturated heterocycles. The molecule has 1 heterocycles. The van der Waals surface area contributed by atoms with Gasteiger partial charge < -0.3 is 15.2 Å². The van der Waals surface area contributed by atoms with Crippen molar-refractivity contribution in [3.63, 3.8) is 0 Å². The number of ether oxygens (including phenoxy) is 1. The number of nitrogens with zero attached hydrogens (tertiary/aromatic N) is 2. The first-order valence-corrected chi connectivity index (χ1v) is 5.47. The van der Waals surface area contributed by atoms with Crippen LogP contribution in [0.2, 0.25) is 0 Å². The Bertz CT molecular complexity index is 419. The molecule has 2 N–H and O–H groups in total. The predicted octanol–water partition coefficient (Wildman–Crippen LogP) is 0.786. The maximum absolute atomic E-state index is 11.1. The van der Waals surface area contributed by atoms with Gasteiger partial charge >= 0.3 is 11.9 Å². The largest absolute Gasteiger partial charge is 0.481 e. The van der Waals surface area contributed by atoms with Gasteiger partial charge in [0.05, 0.1) is 13.0 Å². The van der Waals surface area contributed by atoms with E-state index in [0.29, 0.717) is 12.2 Å². The van der Waals surface area contributed by atoms with Gasteiger partial charge in [-0.2, -0.15) is 0 Å². The Hall–Kier alpha value is -2.18. The molecule has 0 aliphatic carbocycles. The zero-order valence-electron chi connectivity index (χ0n) is 10.2. The molecule has 0 radical (unpaired) electrons. The number of aromatic nitrogens is 2. The van der Waals surface area contributed by atoms with Crippen LogP contribution in [0.5, 0.6) is 0 Å².